The van der Waals surface area contributed by atoms with Crippen LogP contribution in [-0.4, -0.2) is 50.6 Å². The highest BCUT2D eigenvalue weighted by Crippen LogP contribution is 2.35. The summed E-state index contributed by atoms with van der Waals surface area (Å²) >= 11 is 1.00. The number of piperidine rings is 1. The number of fused-ring (bicyclic) bond motifs is 1. The van der Waals surface area contributed by atoms with Gasteiger partial charge >= 0.3 is 0 Å². The predicted octanol–water partition coefficient (Wildman–Crippen LogP) is 6.27. The SMILES string of the molecule is CCc1cccc2c(/C=C3\SC(=O)N(CCCc4ccccc4)C3=O)cn(CC(=O)N3CCCC[C@H]3C)c12. The van der Waals surface area contributed by atoms with Gasteiger partial charge in [-0.2, -0.15) is 0 Å². The summed E-state index contributed by atoms with van der Waals surface area (Å²) in [5.41, 5.74) is 4.25. The van der Waals surface area contributed by atoms with E-state index in [9.17, 15) is 14.4 Å². The van der Waals surface area contributed by atoms with Crippen molar-refractivity contribution in [2.24, 2.45) is 0 Å². The Labute approximate surface area is 228 Å². The topological polar surface area (TPSA) is 62.6 Å². The first kappa shape index (κ1) is 26.3. The summed E-state index contributed by atoms with van der Waals surface area (Å²) < 4.78 is 2.04. The summed E-state index contributed by atoms with van der Waals surface area (Å²) in [5.74, 6) is -0.107. The van der Waals surface area contributed by atoms with Crippen LogP contribution in [0.25, 0.3) is 17.0 Å². The largest absolute Gasteiger partial charge is 0.338 e. The quantitative estimate of drug-likeness (QED) is 0.323. The van der Waals surface area contributed by atoms with E-state index >= 15 is 0 Å². The second-order valence-corrected chi connectivity index (χ2v) is 11.2. The number of hydrogen-bond acceptors (Lipinski definition) is 4. The number of amides is 3. The van der Waals surface area contributed by atoms with Crippen LogP contribution in [0.15, 0.2) is 59.6 Å². The molecule has 0 spiro atoms. The van der Waals surface area contributed by atoms with Crippen molar-refractivity contribution < 1.29 is 14.4 Å². The van der Waals surface area contributed by atoms with Crippen molar-refractivity contribution in [2.45, 2.75) is 65.0 Å². The zero-order valence-electron chi connectivity index (χ0n) is 22.2. The summed E-state index contributed by atoms with van der Waals surface area (Å²) in [7, 11) is 0. The van der Waals surface area contributed by atoms with Crippen molar-refractivity contribution in [3.8, 4) is 0 Å². The maximum atomic E-state index is 13.3. The Bertz CT molecular complexity index is 1380. The molecule has 38 heavy (non-hydrogen) atoms. The van der Waals surface area contributed by atoms with Gasteiger partial charge in [0.2, 0.25) is 5.91 Å². The molecule has 2 aliphatic heterocycles. The number of nitrogens with zero attached hydrogens (tertiary/aromatic N) is 3. The van der Waals surface area contributed by atoms with Crippen molar-refractivity contribution >= 4 is 45.8 Å². The minimum Gasteiger partial charge on any atom is -0.338 e. The third-order valence-corrected chi connectivity index (χ3v) is 8.58. The van der Waals surface area contributed by atoms with E-state index in [0.717, 1.165) is 72.4 Å². The van der Waals surface area contributed by atoms with Gasteiger partial charge in [-0.25, -0.2) is 0 Å². The zero-order chi connectivity index (χ0) is 26.6. The summed E-state index contributed by atoms with van der Waals surface area (Å²) in [5, 5.41) is 0.779. The van der Waals surface area contributed by atoms with Crippen LogP contribution in [0.3, 0.4) is 0 Å². The molecule has 0 bridgehead atoms. The fourth-order valence-electron chi connectivity index (χ4n) is 5.62. The Morgan fingerprint density at radius 3 is 2.66 bits per heavy atom. The third kappa shape index (κ3) is 5.44. The molecule has 0 aliphatic carbocycles. The van der Waals surface area contributed by atoms with E-state index < -0.39 is 0 Å². The van der Waals surface area contributed by atoms with Crippen LogP contribution >= 0.6 is 11.8 Å². The first-order valence-electron chi connectivity index (χ1n) is 13.7. The van der Waals surface area contributed by atoms with E-state index in [1.54, 1.807) is 0 Å². The molecular formula is C31H35N3O3S. The highest BCUT2D eigenvalue weighted by atomic mass is 32.2. The molecule has 0 N–H and O–H groups in total. The molecule has 0 radical (unpaired) electrons. The number of thioether (sulfide) groups is 1. The molecule has 2 saturated heterocycles. The van der Waals surface area contributed by atoms with Crippen molar-refractivity contribution in [2.75, 3.05) is 13.1 Å². The van der Waals surface area contributed by atoms with Crippen LogP contribution in [-0.2, 0) is 29.0 Å². The molecule has 2 aliphatic rings. The van der Waals surface area contributed by atoms with Crippen LogP contribution in [0.5, 0.6) is 0 Å². The number of likely N-dealkylation sites (tertiary alicyclic amines) is 1. The Hall–Kier alpha value is -3.32. The van der Waals surface area contributed by atoms with Crippen LogP contribution in [0.1, 0.15) is 56.2 Å². The number of hydrogen-bond donors (Lipinski definition) is 0. The van der Waals surface area contributed by atoms with Gasteiger partial charge in [0, 0.05) is 36.3 Å². The van der Waals surface area contributed by atoms with Gasteiger partial charge in [0.15, 0.2) is 0 Å². The van der Waals surface area contributed by atoms with Gasteiger partial charge in [0.05, 0.1) is 10.4 Å². The summed E-state index contributed by atoms with van der Waals surface area (Å²) in [4.78, 5) is 43.0. The molecule has 198 valence electrons. The van der Waals surface area contributed by atoms with Crippen molar-refractivity contribution in [1.29, 1.82) is 0 Å². The van der Waals surface area contributed by atoms with E-state index in [1.807, 2.05) is 52.1 Å². The highest BCUT2D eigenvalue weighted by molar-refractivity contribution is 8.18. The molecule has 0 saturated carbocycles. The van der Waals surface area contributed by atoms with Gasteiger partial charge in [-0.15, -0.1) is 0 Å². The molecule has 3 aromatic rings. The van der Waals surface area contributed by atoms with Gasteiger partial charge in [-0.3, -0.25) is 19.3 Å². The molecule has 2 aromatic carbocycles. The molecule has 1 aromatic heterocycles. The normalized spacial score (nSPS) is 19.2. The lowest BCUT2D eigenvalue weighted by Gasteiger charge is -2.33. The number of para-hydroxylation sites is 1. The second kappa shape index (κ2) is 11.6. The van der Waals surface area contributed by atoms with Crippen molar-refractivity contribution in [3.63, 3.8) is 0 Å². The molecule has 1 atom stereocenters. The molecule has 2 fully saturated rings. The fraction of sp³-hybridized carbons (Fsp3) is 0.387. The van der Waals surface area contributed by atoms with Crippen LogP contribution in [0.4, 0.5) is 4.79 Å². The molecular weight excluding hydrogens is 494 g/mol. The number of carbonyl (C=O) groups excluding carboxylic acids is 3. The fourth-order valence-corrected chi connectivity index (χ4v) is 6.47. The highest BCUT2D eigenvalue weighted by Gasteiger charge is 2.35. The minimum atomic E-state index is -0.237. The Morgan fingerprint density at radius 2 is 1.89 bits per heavy atom. The number of aromatic nitrogens is 1. The average Bonchev–Trinajstić information content (AvgIpc) is 3.41. The second-order valence-electron chi connectivity index (χ2n) is 10.2. The van der Waals surface area contributed by atoms with Crippen LogP contribution in [0.2, 0.25) is 0 Å². The van der Waals surface area contributed by atoms with Crippen LogP contribution in [0, 0.1) is 0 Å². The number of imide groups is 1. The van der Waals surface area contributed by atoms with Crippen molar-refractivity contribution in [3.05, 3.63) is 76.3 Å². The van der Waals surface area contributed by atoms with Gasteiger partial charge in [-0.1, -0.05) is 55.5 Å². The number of aryl methyl sites for hydroxylation is 2. The average molecular weight is 530 g/mol. The Morgan fingerprint density at radius 1 is 1.08 bits per heavy atom. The van der Waals surface area contributed by atoms with Crippen LogP contribution < -0.4 is 0 Å². The lowest BCUT2D eigenvalue weighted by Crippen LogP contribution is -2.43. The molecule has 5 rings (SSSR count). The van der Waals surface area contributed by atoms with E-state index in [1.165, 1.54) is 16.9 Å². The maximum Gasteiger partial charge on any atom is 0.293 e. The molecule has 3 heterocycles. The van der Waals surface area contributed by atoms with E-state index in [0.29, 0.717) is 11.4 Å². The zero-order valence-corrected chi connectivity index (χ0v) is 23.0. The smallest absolute Gasteiger partial charge is 0.293 e. The van der Waals surface area contributed by atoms with Gasteiger partial charge in [0.25, 0.3) is 11.1 Å². The standard InChI is InChI=1S/C31H35N3O3S/c1-3-24-15-9-16-26-25(20-32(29(24)26)21-28(35)33-17-8-7-11-22(33)2)19-27-30(36)34(31(37)38-27)18-10-14-23-12-5-4-6-13-23/h4-6,9,12-13,15-16,19-20,22H,3,7-8,10-11,14,17-18,21H2,1-2H3/b27-19-/t22-/m1/s1. The minimum absolute atomic E-state index is 0.130. The van der Waals surface area contributed by atoms with E-state index in [2.05, 4.69) is 32.0 Å². The first-order chi connectivity index (χ1) is 18.5. The summed E-state index contributed by atoms with van der Waals surface area (Å²) in [6.45, 7) is 5.72. The Balaban J connectivity index is 1.38. The third-order valence-electron chi connectivity index (χ3n) is 7.67. The van der Waals surface area contributed by atoms with Crippen molar-refractivity contribution in [1.82, 2.24) is 14.4 Å². The summed E-state index contributed by atoms with van der Waals surface area (Å²) in [6, 6.07) is 16.5. The lowest BCUT2D eigenvalue weighted by atomic mass is 10.0. The van der Waals surface area contributed by atoms with Gasteiger partial charge in [0.1, 0.15) is 6.54 Å². The maximum absolute atomic E-state index is 13.3. The summed E-state index contributed by atoms with van der Waals surface area (Å²) in [6.07, 6.45) is 9.45. The molecule has 6 nitrogen and oxygen atoms in total. The molecule has 0 unspecified atom stereocenters. The molecule has 7 heteroatoms. The monoisotopic (exact) mass is 529 g/mol. The van der Waals surface area contributed by atoms with E-state index in [-0.39, 0.29) is 29.6 Å². The number of benzene rings is 2. The first-order valence-corrected chi connectivity index (χ1v) is 14.5. The van der Waals surface area contributed by atoms with E-state index in [4.69, 9.17) is 0 Å². The Kier molecular flexibility index (Phi) is 8.03. The number of rotatable bonds is 8. The lowest BCUT2D eigenvalue weighted by molar-refractivity contribution is -0.135. The van der Waals surface area contributed by atoms with Gasteiger partial charge < -0.3 is 9.47 Å². The number of carbonyl (C=O) groups is 3. The van der Waals surface area contributed by atoms with Gasteiger partial charge in [-0.05, 0) is 74.4 Å². The predicted molar refractivity (Wildman–Crippen MR) is 154 cm³/mol. The molecule has 3 amide bonds.